The average Bonchev–Trinajstić information content (AvgIpc) is 2.47. The van der Waals surface area contributed by atoms with Gasteiger partial charge in [-0.15, -0.1) is 0 Å². The molecule has 0 aliphatic rings. The minimum atomic E-state index is -0.312. The van der Waals surface area contributed by atoms with Crippen molar-refractivity contribution < 1.29 is 19.1 Å². The number of amides is 2. The van der Waals surface area contributed by atoms with Gasteiger partial charge in [0.2, 0.25) is 0 Å². The van der Waals surface area contributed by atoms with Gasteiger partial charge in [0.25, 0.3) is 0 Å². The first kappa shape index (κ1) is 17.8. The molecule has 1 rings (SSSR count). The van der Waals surface area contributed by atoms with Crippen LogP contribution in [0.3, 0.4) is 0 Å². The predicted octanol–water partition coefficient (Wildman–Crippen LogP) is 1.88. The van der Waals surface area contributed by atoms with Crippen molar-refractivity contribution in [3.63, 3.8) is 0 Å². The maximum atomic E-state index is 11.5. The first-order valence-electron chi connectivity index (χ1n) is 7.35. The first-order chi connectivity index (χ1) is 10.5. The number of nitrogens with one attached hydrogen (secondary N) is 2. The van der Waals surface area contributed by atoms with E-state index in [4.69, 9.17) is 9.47 Å². The molecule has 0 heterocycles. The molecule has 1 aromatic rings. The molecule has 0 aromatic heterocycles. The first-order valence-corrected chi connectivity index (χ1v) is 7.35. The highest BCUT2D eigenvalue weighted by Gasteiger charge is 2.06. The van der Waals surface area contributed by atoms with Crippen LogP contribution in [0.15, 0.2) is 24.3 Å². The molecule has 22 heavy (non-hydrogen) atoms. The predicted molar refractivity (Wildman–Crippen MR) is 83.9 cm³/mol. The molecule has 0 saturated heterocycles. The normalized spacial score (nSPS) is 10.2. The monoisotopic (exact) mass is 308 g/mol. The van der Waals surface area contributed by atoms with E-state index in [1.807, 2.05) is 24.3 Å². The summed E-state index contributed by atoms with van der Waals surface area (Å²) >= 11 is 0. The van der Waals surface area contributed by atoms with E-state index >= 15 is 0 Å². The van der Waals surface area contributed by atoms with Gasteiger partial charge in [0.15, 0.2) is 0 Å². The lowest BCUT2D eigenvalue weighted by atomic mass is 10.1. The molecule has 0 radical (unpaired) electrons. The molecule has 2 N–H and O–H groups in total. The molecule has 122 valence electrons. The van der Waals surface area contributed by atoms with E-state index in [9.17, 15) is 9.59 Å². The van der Waals surface area contributed by atoms with E-state index < -0.39 is 0 Å². The second-order valence-corrected chi connectivity index (χ2v) is 5.07. The van der Waals surface area contributed by atoms with Crippen molar-refractivity contribution in [3.05, 3.63) is 29.8 Å². The molecule has 0 unspecified atom stereocenters. The van der Waals surface area contributed by atoms with Crippen molar-refractivity contribution >= 4 is 12.0 Å². The largest absolute Gasteiger partial charge is 0.497 e. The molecule has 0 bridgehead atoms. The van der Waals surface area contributed by atoms with Gasteiger partial charge in [0.1, 0.15) is 5.75 Å². The molecule has 0 aliphatic carbocycles. The quantitative estimate of drug-likeness (QED) is 0.719. The SMILES string of the molecule is COc1ccc(CCNC(=O)NCCC(=O)OC(C)C)cc1. The molecule has 0 saturated carbocycles. The zero-order valence-corrected chi connectivity index (χ0v) is 13.3. The fraction of sp³-hybridized carbons (Fsp3) is 0.500. The van der Waals surface area contributed by atoms with Crippen LogP contribution in [0.4, 0.5) is 4.79 Å². The second-order valence-electron chi connectivity index (χ2n) is 5.07. The van der Waals surface area contributed by atoms with Gasteiger partial charge < -0.3 is 20.1 Å². The highest BCUT2D eigenvalue weighted by atomic mass is 16.5. The number of benzene rings is 1. The molecular formula is C16H24N2O4. The molecule has 6 heteroatoms. The van der Waals surface area contributed by atoms with E-state index in [2.05, 4.69) is 10.6 Å². The van der Waals surface area contributed by atoms with Gasteiger partial charge >= 0.3 is 12.0 Å². The highest BCUT2D eigenvalue weighted by Crippen LogP contribution is 2.11. The Morgan fingerprint density at radius 2 is 1.73 bits per heavy atom. The number of ether oxygens (including phenoxy) is 2. The van der Waals surface area contributed by atoms with E-state index in [1.165, 1.54) is 0 Å². The van der Waals surface area contributed by atoms with Crippen LogP contribution in [0.5, 0.6) is 5.75 Å². The Morgan fingerprint density at radius 3 is 2.32 bits per heavy atom. The summed E-state index contributed by atoms with van der Waals surface area (Å²) in [6, 6.07) is 7.40. The van der Waals surface area contributed by atoms with Crippen molar-refractivity contribution in [2.75, 3.05) is 20.2 Å². The fourth-order valence-corrected chi connectivity index (χ4v) is 1.77. The van der Waals surface area contributed by atoms with Crippen LogP contribution in [-0.2, 0) is 16.0 Å². The number of carbonyl (C=O) groups is 2. The Hall–Kier alpha value is -2.24. The summed E-state index contributed by atoms with van der Waals surface area (Å²) < 4.78 is 10.1. The van der Waals surface area contributed by atoms with Gasteiger partial charge in [-0.2, -0.15) is 0 Å². The van der Waals surface area contributed by atoms with Crippen LogP contribution >= 0.6 is 0 Å². The summed E-state index contributed by atoms with van der Waals surface area (Å²) in [5.41, 5.74) is 1.11. The summed E-state index contributed by atoms with van der Waals surface area (Å²) in [6.45, 7) is 4.36. The summed E-state index contributed by atoms with van der Waals surface area (Å²) in [5, 5.41) is 5.36. The van der Waals surface area contributed by atoms with E-state index in [-0.39, 0.29) is 31.1 Å². The number of hydrogen-bond acceptors (Lipinski definition) is 4. The van der Waals surface area contributed by atoms with Gasteiger partial charge in [-0.1, -0.05) is 12.1 Å². The minimum Gasteiger partial charge on any atom is -0.497 e. The molecule has 2 amide bonds. The molecule has 1 aromatic carbocycles. The standard InChI is InChI=1S/C16H24N2O4/c1-12(2)22-15(19)9-11-18-16(20)17-10-8-13-4-6-14(21-3)7-5-13/h4-7,12H,8-11H2,1-3H3,(H2,17,18,20). The number of carbonyl (C=O) groups excluding carboxylic acids is 2. The lowest BCUT2D eigenvalue weighted by Gasteiger charge is -2.09. The van der Waals surface area contributed by atoms with Crippen LogP contribution in [0.2, 0.25) is 0 Å². The summed E-state index contributed by atoms with van der Waals surface area (Å²) in [5.74, 6) is 0.497. The smallest absolute Gasteiger partial charge is 0.314 e. The second kappa shape index (κ2) is 9.65. The van der Waals surface area contributed by atoms with Gasteiger partial charge in [0.05, 0.1) is 19.6 Å². The van der Waals surface area contributed by atoms with Crippen molar-refractivity contribution in [2.45, 2.75) is 32.8 Å². The van der Waals surface area contributed by atoms with Crippen LogP contribution in [0.1, 0.15) is 25.8 Å². The third kappa shape index (κ3) is 7.52. The zero-order valence-electron chi connectivity index (χ0n) is 13.3. The number of urea groups is 1. The number of esters is 1. The van der Waals surface area contributed by atoms with Gasteiger partial charge in [-0.05, 0) is 38.0 Å². The Balaban J connectivity index is 2.13. The van der Waals surface area contributed by atoms with Crippen molar-refractivity contribution in [3.8, 4) is 5.75 Å². The third-order valence-corrected chi connectivity index (χ3v) is 2.84. The van der Waals surface area contributed by atoms with Gasteiger partial charge in [-0.3, -0.25) is 4.79 Å². The molecule has 0 atom stereocenters. The number of rotatable bonds is 8. The van der Waals surface area contributed by atoms with Crippen molar-refractivity contribution in [1.82, 2.24) is 10.6 Å². The molecule has 0 fully saturated rings. The molecule has 6 nitrogen and oxygen atoms in total. The maximum absolute atomic E-state index is 11.5. The Bertz CT molecular complexity index is 472. The Kier molecular flexibility index (Phi) is 7.81. The molecule has 0 spiro atoms. The third-order valence-electron chi connectivity index (χ3n) is 2.84. The highest BCUT2D eigenvalue weighted by molar-refractivity contribution is 5.75. The van der Waals surface area contributed by atoms with Crippen LogP contribution in [-0.4, -0.2) is 38.3 Å². The van der Waals surface area contributed by atoms with E-state index in [1.54, 1.807) is 21.0 Å². The zero-order chi connectivity index (χ0) is 16.4. The molecular weight excluding hydrogens is 284 g/mol. The molecule has 0 aliphatic heterocycles. The van der Waals surface area contributed by atoms with E-state index in [0.717, 1.165) is 17.7 Å². The Morgan fingerprint density at radius 1 is 1.09 bits per heavy atom. The minimum absolute atomic E-state index is 0.133. The van der Waals surface area contributed by atoms with Crippen LogP contribution in [0.25, 0.3) is 0 Å². The lowest BCUT2D eigenvalue weighted by molar-refractivity contribution is -0.147. The topological polar surface area (TPSA) is 76.7 Å². The van der Waals surface area contributed by atoms with Crippen LogP contribution in [0, 0.1) is 0 Å². The lowest BCUT2D eigenvalue weighted by Crippen LogP contribution is -2.37. The Labute approximate surface area is 131 Å². The number of methoxy groups -OCH3 is 1. The van der Waals surface area contributed by atoms with Gasteiger partial charge in [0, 0.05) is 13.1 Å². The summed E-state index contributed by atoms with van der Waals surface area (Å²) in [4.78, 5) is 22.8. The van der Waals surface area contributed by atoms with Crippen molar-refractivity contribution in [2.24, 2.45) is 0 Å². The van der Waals surface area contributed by atoms with Crippen LogP contribution < -0.4 is 15.4 Å². The average molecular weight is 308 g/mol. The fourth-order valence-electron chi connectivity index (χ4n) is 1.77. The number of hydrogen-bond donors (Lipinski definition) is 2. The summed E-state index contributed by atoms with van der Waals surface area (Å²) in [6.07, 6.45) is 0.766. The summed E-state index contributed by atoms with van der Waals surface area (Å²) in [7, 11) is 1.62. The van der Waals surface area contributed by atoms with Crippen molar-refractivity contribution in [1.29, 1.82) is 0 Å². The maximum Gasteiger partial charge on any atom is 0.314 e. The van der Waals surface area contributed by atoms with E-state index in [0.29, 0.717) is 6.54 Å². The van der Waals surface area contributed by atoms with Gasteiger partial charge in [-0.25, -0.2) is 4.79 Å².